The summed E-state index contributed by atoms with van der Waals surface area (Å²) in [4.78, 5) is 30.6. The maximum absolute atomic E-state index is 14.4. The van der Waals surface area contributed by atoms with Gasteiger partial charge in [-0.15, -0.1) is 0 Å². The van der Waals surface area contributed by atoms with E-state index in [4.69, 9.17) is 32.7 Å². The van der Waals surface area contributed by atoms with Gasteiger partial charge in [0.15, 0.2) is 10.5 Å². The molecule has 0 N–H and O–H groups in total. The normalized spacial score (nSPS) is 15.2. The van der Waals surface area contributed by atoms with Crippen LogP contribution in [0.4, 0.5) is 13.2 Å². The molecule has 0 saturated heterocycles. The predicted molar refractivity (Wildman–Crippen MR) is 175 cm³/mol. The number of hydrogen-bond acceptors (Lipinski definition) is 6. The number of allylic oxidation sites excluding steroid dienone is 1. The molecular weight excluding hydrogens is 819 g/mol. The van der Waals surface area contributed by atoms with Crippen molar-refractivity contribution in [1.29, 1.82) is 0 Å². The molecule has 0 radical (unpaired) electrons. The van der Waals surface area contributed by atoms with Crippen LogP contribution in [-0.2, 0) is 16.1 Å². The van der Waals surface area contributed by atoms with Crippen molar-refractivity contribution in [2.75, 3.05) is 6.61 Å². The monoisotopic (exact) mass is 836 g/mol. The maximum atomic E-state index is 14.4. The van der Waals surface area contributed by atoms with Crippen molar-refractivity contribution in [3.63, 3.8) is 0 Å². The zero-order valence-electron chi connectivity index (χ0n) is 22.4. The molecule has 0 saturated carbocycles. The van der Waals surface area contributed by atoms with Crippen LogP contribution in [0.15, 0.2) is 86.2 Å². The van der Waals surface area contributed by atoms with Gasteiger partial charge < -0.3 is 9.47 Å². The van der Waals surface area contributed by atoms with Crippen LogP contribution < -0.4 is 19.6 Å². The van der Waals surface area contributed by atoms with Crippen LogP contribution in [0.3, 0.4) is 0 Å². The van der Waals surface area contributed by atoms with E-state index >= 15 is 0 Å². The summed E-state index contributed by atoms with van der Waals surface area (Å²) in [6.45, 7) is 1.48. The molecule has 14 heteroatoms. The smallest absolute Gasteiger partial charge is 0.434 e. The molecule has 1 aliphatic rings. The average molecular weight is 838 g/mol. The van der Waals surface area contributed by atoms with Gasteiger partial charge in [0.25, 0.3) is 5.56 Å². The molecule has 0 aliphatic carbocycles. The molecule has 228 valence electrons. The third kappa shape index (κ3) is 6.94. The van der Waals surface area contributed by atoms with Gasteiger partial charge in [-0.05, 0) is 83.1 Å². The molecule has 1 atom stereocenters. The largest absolute Gasteiger partial charge is 0.487 e. The molecule has 4 aromatic rings. The molecular formula is C30H19BrCl2F3IN2O4S. The van der Waals surface area contributed by atoms with Crippen LogP contribution in [0.2, 0.25) is 10.0 Å². The van der Waals surface area contributed by atoms with Gasteiger partial charge in [0.1, 0.15) is 12.4 Å². The lowest BCUT2D eigenvalue weighted by atomic mass is 9.95. The number of thiazole rings is 1. The first-order valence-electron chi connectivity index (χ1n) is 12.8. The van der Waals surface area contributed by atoms with Crippen molar-refractivity contribution in [2.45, 2.75) is 25.7 Å². The second kappa shape index (κ2) is 13.4. The van der Waals surface area contributed by atoms with Crippen molar-refractivity contribution in [3.05, 3.63) is 126 Å². The summed E-state index contributed by atoms with van der Waals surface area (Å²) < 4.78 is 56.9. The number of benzene rings is 3. The summed E-state index contributed by atoms with van der Waals surface area (Å²) in [7, 11) is 0. The van der Waals surface area contributed by atoms with Crippen LogP contribution in [-0.4, -0.2) is 23.3 Å². The van der Waals surface area contributed by atoms with E-state index in [2.05, 4.69) is 43.5 Å². The number of esters is 1. The molecule has 2 heterocycles. The van der Waals surface area contributed by atoms with Crippen LogP contribution in [0.5, 0.6) is 5.75 Å². The van der Waals surface area contributed by atoms with E-state index in [1.165, 1.54) is 37.3 Å². The Labute approximate surface area is 284 Å². The van der Waals surface area contributed by atoms with Crippen LogP contribution in [0.25, 0.3) is 6.08 Å². The maximum Gasteiger partial charge on any atom is 0.434 e. The van der Waals surface area contributed by atoms with E-state index in [0.29, 0.717) is 25.8 Å². The molecule has 0 fully saturated rings. The first-order chi connectivity index (χ1) is 20.9. The fraction of sp³-hybridized carbons (Fsp3) is 0.167. The predicted octanol–water partition coefficient (Wildman–Crippen LogP) is 7.59. The molecule has 44 heavy (non-hydrogen) atoms. The highest BCUT2D eigenvalue weighted by molar-refractivity contribution is 14.1. The summed E-state index contributed by atoms with van der Waals surface area (Å²) in [5.41, 5.74) is -1.32. The molecule has 1 aliphatic heterocycles. The Morgan fingerprint density at radius 3 is 2.52 bits per heavy atom. The van der Waals surface area contributed by atoms with Crippen molar-refractivity contribution in [1.82, 2.24) is 4.57 Å². The number of aromatic nitrogens is 1. The number of rotatable bonds is 7. The molecule has 6 nitrogen and oxygen atoms in total. The van der Waals surface area contributed by atoms with Gasteiger partial charge in [0.05, 0.1) is 26.3 Å². The van der Waals surface area contributed by atoms with E-state index < -0.39 is 35.0 Å². The Bertz CT molecular complexity index is 1980. The molecule has 1 aromatic heterocycles. The number of carbonyl (C=O) groups is 1. The van der Waals surface area contributed by atoms with E-state index in [1.54, 1.807) is 24.3 Å². The van der Waals surface area contributed by atoms with Gasteiger partial charge in [-0.3, -0.25) is 9.36 Å². The SMILES string of the molecule is CCOC(=O)C1=C(C(F)(F)F)N=c2s/c(=C\c3cc(Br)cc(I)c3OCc3cccc(Cl)c3)c(=O)n2[C@@H]1c1ccc(Cl)cc1. The first kappa shape index (κ1) is 32.7. The number of fused-ring (bicyclic) bond motifs is 1. The quantitative estimate of drug-likeness (QED) is 0.142. The van der Waals surface area contributed by atoms with Crippen LogP contribution in [0, 0.1) is 3.57 Å². The second-order valence-electron chi connectivity index (χ2n) is 9.34. The fourth-order valence-electron chi connectivity index (χ4n) is 4.56. The summed E-state index contributed by atoms with van der Waals surface area (Å²) in [6, 6.07) is 15.1. The molecule has 5 rings (SSSR count). The highest BCUT2D eigenvalue weighted by atomic mass is 127. The van der Waals surface area contributed by atoms with Crippen molar-refractivity contribution < 1.29 is 27.4 Å². The Morgan fingerprint density at radius 2 is 1.86 bits per heavy atom. The molecule has 0 unspecified atom stereocenters. The Hall–Kier alpha value is -2.65. The lowest BCUT2D eigenvalue weighted by molar-refractivity contribution is -0.140. The molecule has 3 aromatic carbocycles. The minimum absolute atomic E-state index is 0.0795. The van der Waals surface area contributed by atoms with Gasteiger partial charge in [0, 0.05) is 20.1 Å². The number of carbonyl (C=O) groups excluding carboxylic acids is 1. The van der Waals surface area contributed by atoms with E-state index in [-0.39, 0.29) is 28.1 Å². The number of alkyl halides is 3. The zero-order chi connectivity index (χ0) is 31.8. The number of ether oxygens (including phenoxy) is 2. The first-order valence-corrected chi connectivity index (χ1v) is 16.2. The van der Waals surface area contributed by atoms with Gasteiger partial charge in [-0.2, -0.15) is 13.2 Å². The van der Waals surface area contributed by atoms with E-state index in [0.717, 1.165) is 25.0 Å². The lowest BCUT2D eigenvalue weighted by Crippen LogP contribution is -2.41. The number of nitrogens with zero attached hydrogens (tertiary/aromatic N) is 2. The highest BCUT2D eigenvalue weighted by Gasteiger charge is 2.45. The topological polar surface area (TPSA) is 69.9 Å². The Kier molecular flexibility index (Phi) is 9.95. The average Bonchev–Trinajstić information content (AvgIpc) is 3.26. The number of halogens is 7. The lowest BCUT2D eigenvalue weighted by Gasteiger charge is -2.26. The van der Waals surface area contributed by atoms with Gasteiger partial charge in [-0.1, -0.05) is 74.7 Å². The van der Waals surface area contributed by atoms with Gasteiger partial charge in [0.2, 0.25) is 0 Å². The van der Waals surface area contributed by atoms with Crippen LogP contribution >= 0.6 is 73.1 Å². The minimum atomic E-state index is -5.01. The summed E-state index contributed by atoms with van der Waals surface area (Å²) in [6.07, 6.45) is -3.48. The summed E-state index contributed by atoms with van der Waals surface area (Å²) in [5, 5.41) is 0.877. The summed E-state index contributed by atoms with van der Waals surface area (Å²) >= 11 is 18.5. The fourth-order valence-corrected chi connectivity index (χ4v) is 7.60. The van der Waals surface area contributed by atoms with E-state index in [1.807, 2.05) is 12.1 Å². The van der Waals surface area contributed by atoms with E-state index in [9.17, 15) is 22.8 Å². The minimum Gasteiger partial charge on any atom is -0.487 e. The standard InChI is InChI=1S/C30H19BrCl2F3IN2O4S/c1-2-42-28(41)23-24(16-6-8-19(32)9-7-16)39-27(40)22(44-29(39)38-26(23)30(34,35)36)12-17-11-18(31)13-21(37)25(17)43-14-15-4-3-5-20(33)10-15/h3-13,24H,2,14H2,1H3/b22-12-/t24-/m1/s1. The van der Waals surface area contributed by atoms with Crippen LogP contribution in [0.1, 0.15) is 29.7 Å². The summed E-state index contributed by atoms with van der Waals surface area (Å²) in [5.74, 6) is -0.770. The third-order valence-electron chi connectivity index (χ3n) is 6.38. The number of hydrogen-bond donors (Lipinski definition) is 0. The highest BCUT2D eigenvalue weighted by Crippen LogP contribution is 2.38. The Morgan fingerprint density at radius 1 is 1.14 bits per heavy atom. The molecule has 0 amide bonds. The second-order valence-corrected chi connectivity index (χ2v) is 13.3. The van der Waals surface area contributed by atoms with Gasteiger partial charge >= 0.3 is 12.1 Å². The van der Waals surface area contributed by atoms with Gasteiger partial charge in [-0.25, -0.2) is 9.79 Å². The Balaban J connectivity index is 1.71. The molecule has 0 spiro atoms. The van der Waals surface area contributed by atoms with Crippen molar-refractivity contribution in [2.24, 2.45) is 4.99 Å². The molecule has 0 bridgehead atoms. The van der Waals surface area contributed by atoms with Crippen molar-refractivity contribution >= 4 is 85.1 Å². The van der Waals surface area contributed by atoms with Crippen molar-refractivity contribution in [3.8, 4) is 5.75 Å². The third-order valence-corrected chi connectivity index (χ3v) is 9.11. The zero-order valence-corrected chi connectivity index (χ0v) is 28.5.